The molecule has 1 fully saturated rings. The lowest BCUT2D eigenvalue weighted by atomic mass is 9.87. The molecule has 0 atom stereocenters. The topological polar surface area (TPSA) is 49.8 Å². The van der Waals surface area contributed by atoms with Crippen molar-refractivity contribution in [3.05, 3.63) is 34.9 Å². The van der Waals surface area contributed by atoms with Crippen molar-refractivity contribution in [1.82, 2.24) is 0 Å². The summed E-state index contributed by atoms with van der Waals surface area (Å²) in [6.45, 7) is 4.51. The monoisotopic (exact) mass is 294 g/mol. The molecule has 3 heteroatoms. The van der Waals surface area contributed by atoms with Crippen molar-refractivity contribution in [3.63, 3.8) is 0 Å². The van der Waals surface area contributed by atoms with E-state index in [1.807, 2.05) is 38.1 Å². The molecule has 1 aliphatic carbocycles. The lowest BCUT2D eigenvalue weighted by Crippen LogP contribution is -2.04. The zero-order valence-electron chi connectivity index (χ0n) is 12.7. The van der Waals surface area contributed by atoms with Gasteiger partial charge in [0.25, 0.3) is 0 Å². The first kappa shape index (κ1) is 19.0. The Morgan fingerprint density at radius 3 is 2.25 bits per heavy atom. The van der Waals surface area contributed by atoms with E-state index >= 15 is 0 Å². The molecule has 0 aliphatic heterocycles. The molecule has 1 saturated carbocycles. The second-order valence-electron chi connectivity index (χ2n) is 4.66. The van der Waals surface area contributed by atoms with Gasteiger partial charge in [0.2, 0.25) is 0 Å². The minimum Gasteiger partial charge on any atom is -0.326 e. The Bertz CT molecular complexity index is 379. The van der Waals surface area contributed by atoms with Gasteiger partial charge in [-0.05, 0) is 30.4 Å². The van der Waals surface area contributed by atoms with Crippen LogP contribution >= 0.6 is 11.6 Å². The van der Waals surface area contributed by atoms with E-state index in [0.29, 0.717) is 6.54 Å². The van der Waals surface area contributed by atoms with Crippen LogP contribution in [0.2, 0.25) is 5.02 Å². The Morgan fingerprint density at radius 1 is 1.20 bits per heavy atom. The van der Waals surface area contributed by atoms with E-state index in [1.165, 1.54) is 32.1 Å². The summed E-state index contributed by atoms with van der Waals surface area (Å²) >= 11 is 5.74. The molecular weight excluding hydrogens is 268 g/mol. The predicted octanol–water partition coefficient (Wildman–Crippen LogP) is 5.31. The molecule has 0 bridgehead atoms. The summed E-state index contributed by atoms with van der Waals surface area (Å²) in [6.07, 6.45) is 7.49. The van der Waals surface area contributed by atoms with Crippen molar-refractivity contribution in [2.75, 3.05) is 0 Å². The lowest BCUT2D eigenvalue weighted by molar-refractivity contribution is 0.364. The Balaban J connectivity index is 0.000000321. The fraction of sp³-hybridized carbons (Fsp3) is 0.588. The number of benzene rings is 1. The van der Waals surface area contributed by atoms with Crippen LogP contribution in [0.1, 0.15) is 57.9 Å². The van der Waals surface area contributed by atoms with E-state index in [-0.39, 0.29) is 0 Å². The number of hydrogen-bond donors (Lipinski definition) is 1. The van der Waals surface area contributed by atoms with Gasteiger partial charge in [-0.15, -0.1) is 0 Å². The normalized spacial score (nSPS) is 14.2. The SMILES string of the molecule is CC.N#CCC1CCCCC1.NCc1ccccc1Cl. The predicted molar refractivity (Wildman–Crippen MR) is 87.5 cm³/mol. The summed E-state index contributed by atoms with van der Waals surface area (Å²) in [5.41, 5.74) is 6.37. The van der Waals surface area contributed by atoms with Crippen molar-refractivity contribution in [1.29, 1.82) is 5.26 Å². The van der Waals surface area contributed by atoms with E-state index in [4.69, 9.17) is 22.6 Å². The van der Waals surface area contributed by atoms with Crippen LogP contribution in [0.5, 0.6) is 0 Å². The average molecular weight is 295 g/mol. The first-order valence-corrected chi connectivity index (χ1v) is 7.96. The highest BCUT2D eigenvalue weighted by Gasteiger charge is 2.11. The van der Waals surface area contributed by atoms with E-state index in [9.17, 15) is 0 Å². The number of nitrogens with two attached hydrogens (primary N) is 1. The third-order valence-corrected chi connectivity index (χ3v) is 3.65. The van der Waals surface area contributed by atoms with Crippen molar-refractivity contribution in [2.45, 2.75) is 58.9 Å². The van der Waals surface area contributed by atoms with Gasteiger partial charge < -0.3 is 5.73 Å². The number of nitrogens with zero attached hydrogens (tertiary/aromatic N) is 1. The molecule has 20 heavy (non-hydrogen) atoms. The first-order valence-electron chi connectivity index (χ1n) is 7.58. The van der Waals surface area contributed by atoms with Crippen LogP contribution in [0.3, 0.4) is 0 Å². The zero-order chi connectivity index (χ0) is 15.2. The highest BCUT2D eigenvalue weighted by Crippen LogP contribution is 2.25. The third kappa shape index (κ3) is 8.19. The molecule has 2 rings (SSSR count). The van der Waals surface area contributed by atoms with Crippen LogP contribution in [-0.2, 0) is 6.54 Å². The molecule has 0 aromatic heterocycles. The van der Waals surface area contributed by atoms with Crippen LogP contribution in [0.4, 0.5) is 0 Å². The third-order valence-electron chi connectivity index (χ3n) is 3.28. The van der Waals surface area contributed by atoms with Gasteiger partial charge in [-0.3, -0.25) is 0 Å². The number of halogens is 1. The maximum atomic E-state index is 8.37. The van der Waals surface area contributed by atoms with Gasteiger partial charge in [0.15, 0.2) is 0 Å². The molecule has 2 N–H and O–H groups in total. The van der Waals surface area contributed by atoms with Gasteiger partial charge in [-0.25, -0.2) is 0 Å². The van der Waals surface area contributed by atoms with Crippen LogP contribution in [-0.4, -0.2) is 0 Å². The van der Waals surface area contributed by atoms with E-state index in [1.54, 1.807) is 0 Å². The van der Waals surface area contributed by atoms with E-state index < -0.39 is 0 Å². The quantitative estimate of drug-likeness (QED) is 0.804. The van der Waals surface area contributed by atoms with Crippen molar-refractivity contribution >= 4 is 11.6 Å². The average Bonchev–Trinajstić information content (AvgIpc) is 2.52. The number of rotatable bonds is 2. The summed E-state index contributed by atoms with van der Waals surface area (Å²) in [7, 11) is 0. The van der Waals surface area contributed by atoms with E-state index in [0.717, 1.165) is 22.9 Å². The summed E-state index contributed by atoms with van der Waals surface area (Å²) in [5.74, 6) is 0.740. The first-order chi connectivity index (χ1) is 9.77. The zero-order valence-corrected chi connectivity index (χ0v) is 13.5. The van der Waals surface area contributed by atoms with Gasteiger partial charge >= 0.3 is 0 Å². The molecule has 0 heterocycles. The Hall–Kier alpha value is -1.04. The molecule has 2 nitrogen and oxygen atoms in total. The maximum Gasteiger partial charge on any atom is 0.0624 e. The Kier molecular flexibility index (Phi) is 12.3. The fourth-order valence-corrected chi connectivity index (χ4v) is 2.40. The Morgan fingerprint density at radius 2 is 1.80 bits per heavy atom. The number of hydrogen-bond acceptors (Lipinski definition) is 2. The van der Waals surface area contributed by atoms with Crippen LogP contribution in [0.15, 0.2) is 24.3 Å². The second-order valence-corrected chi connectivity index (χ2v) is 5.07. The highest BCUT2D eigenvalue weighted by atomic mass is 35.5. The molecular formula is C17H27ClN2. The molecule has 0 amide bonds. The largest absolute Gasteiger partial charge is 0.326 e. The van der Waals surface area contributed by atoms with Crippen molar-refractivity contribution in [3.8, 4) is 6.07 Å². The highest BCUT2D eigenvalue weighted by molar-refractivity contribution is 6.31. The molecule has 0 radical (unpaired) electrons. The number of nitriles is 1. The molecule has 1 aromatic rings. The summed E-state index contributed by atoms with van der Waals surface area (Å²) in [5, 5.41) is 9.12. The lowest BCUT2D eigenvalue weighted by Gasteiger charge is -2.17. The molecule has 112 valence electrons. The van der Waals surface area contributed by atoms with Gasteiger partial charge in [0, 0.05) is 18.0 Å². The van der Waals surface area contributed by atoms with Gasteiger partial charge in [0.1, 0.15) is 0 Å². The van der Waals surface area contributed by atoms with E-state index in [2.05, 4.69) is 6.07 Å². The smallest absolute Gasteiger partial charge is 0.0624 e. The van der Waals surface area contributed by atoms with Crippen molar-refractivity contribution in [2.24, 2.45) is 11.7 Å². The molecule has 1 aliphatic rings. The summed E-state index contributed by atoms with van der Waals surface area (Å²) in [6, 6.07) is 9.81. The summed E-state index contributed by atoms with van der Waals surface area (Å²) in [4.78, 5) is 0. The van der Waals surface area contributed by atoms with Gasteiger partial charge in [0.05, 0.1) is 6.07 Å². The maximum absolute atomic E-state index is 8.37. The van der Waals surface area contributed by atoms with Crippen molar-refractivity contribution < 1.29 is 0 Å². The van der Waals surface area contributed by atoms with Crippen LogP contribution in [0, 0.1) is 17.2 Å². The fourth-order valence-electron chi connectivity index (χ4n) is 2.18. The second kappa shape index (κ2) is 13.0. The minimum atomic E-state index is 0.514. The molecule has 0 unspecified atom stereocenters. The standard InChI is InChI=1S/C8H13N.C7H8ClN.C2H6/c9-7-6-8-4-2-1-3-5-8;8-7-4-2-1-3-6(7)5-9;1-2/h8H,1-6H2;1-4H,5,9H2;1-2H3. The minimum absolute atomic E-state index is 0.514. The molecule has 0 saturated heterocycles. The molecule has 1 aromatic carbocycles. The van der Waals surface area contributed by atoms with Crippen LogP contribution in [0.25, 0.3) is 0 Å². The molecule has 0 spiro atoms. The van der Waals surface area contributed by atoms with Crippen LogP contribution < -0.4 is 5.73 Å². The summed E-state index contributed by atoms with van der Waals surface area (Å²) < 4.78 is 0. The van der Waals surface area contributed by atoms with Gasteiger partial charge in [-0.2, -0.15) is 5.26 Å². The Labute approximate surface area is 128 Å². The van der Waals surface area contributed by atoms with Gasteiger partial charge in [-0.1, -0.05) is 62.9 Å².